The highest BCUT2D eigenvalue weighted by Gasteiger charge is 2.47. The Hall–Kier alpha value is -0.440. The molecule has 102 valence electrons. The predicted octanol–water partition coefficient (Wildman–Crippen LogP) is 2.68. The molecule has 1 fully saturated rings. The van der Waals surface area contributed by atoms with E-state index in [1.165, 1.54) is 0 Å². The zero-order chi connectivity index (χ0) is 13.3. The lowest BCUT2D eigenvalue weighted by Crippen LogP contribution is -2.31. The van der Waals surface area contributed by atoms with Gasteiger partial charge in [0.05, 0.1) is 6.61 Å². The summed E-state index contributed by atoms with van der Waals surface area (Å²) in [5.41, 5.74) is -5.47. The van der Waals surface area contributed by atoms with Crippen molar-refractivity contribution in [1.29, 1.82) is 0 Å². The number of alkyl halides is 5. The van der Waals surface area contributed by atoms with Crippen LogP contribution < -0.4 is 0 Å². The fourth-order valence-electron chi connectivity index (χ4n) is 1.52. The molecule has 0 heterocycles. The molecule has 0 bridgehead atoms. The van der Waals surface area contributed by atoms with Crippen LogP contribution in [-0.4, -0.2) is 26.5 Å². The van der Waals surface area contributed by atoms with E-state index in [4.69, 9.17) is 0 Å². The average Bonchev–Trinajstić information content (AvgIpc) is 2.14. The van der Waals surface area contributed by atoms with Gasteiger partial charge in [0.25, 0.3) is 0 Å². The highest BCUT2D eigenvalue weighted by atomic mass is 32.2. The molecule has 9 heteroatoms. The monoisotopic (exact) mass is 282 g/mol. The van der Waals surface area contributed by atoms with Gasteiger partial charge in [0, 0.05) is 12.8 Å². The van der Waals surface area contributed by atoms with Gasteiger partial charge in [-0.2, -0.15) is 21.6 Å². The van der Waals surface area contributed by atoms with Crippen molar-refractivity contribution in [1.82, 2.24) is 0 Å². The van der Waals surface area contributed by atoms with Crippen molar-refractivity contribution >= 4 is 10.1 Å². The maximum atomic E-state index is 12.7. The minimum absolute atomic E-state index is 0.0413. The Kier molecular flexibility index (Phi) is 4.02. The summed E-state index contributed by atoms with van der Waals surface area (Å²) in [4.78, 5) is 0. The Morgan fingerprint density at radius 2 is 1.65 bits per heavy atom. The molecular formula is C8H11F5O3S. The van der Waals surface area contributed by atoms with E-state index in [1.807, 2.05) is 0 Å². The van der Waals surface area contributed by atoms with E-state index in [0.717, 1.165) is 0 Å². The van der Waals surface area contributed by atoms with E-state index in [9.17, 15) is 30.4 Å². The maximum absolute atomic E-state index is 12.7. The molecule has 1 aliphatic rings. The SMILES string of the molecule is O=S(=O)(OCC1CCC(F)(F)CC1)C(F)(F)F. The molecule has 0 aliphatic heterocycles. The lowest BCUT2D eigenvalue weighted by atomic mass is 9.87. The van der Waals surface area contributed by atoms with Crippen LogP contribution in [0.1, 0.15) is 25.7 Å². The smallest absolute Gasteiger partial charge is 0.263 e. The molecule has 3 nitrogen and oxygen atoms in total. The number of halogens is 5. The van der Waals surface area contributed by atoms with E-state index in [0.29, 0.717) is 0 Å². The summed E-state index contributed by atoms with van der Waals surface area (Å²) in [5, 5.41) is 0. The summed E-state index contributed by atoms with van der Waals surface area (Å²) in [6.07, 6.45) is -0.985. The molecule has 1 rings (SSSR count). The number of hydrogen-bond acceptors (Lipinski definition) is 3. The van der Waals surface area contributed by atoms with Crippen LogP contribution in [0.15, 0.2) is 0 Å². The number of hydrogen-bond donors (Lipinski definition) is 0. The van der Waals surface area contributed by atoms with Crippen LogP contribution in [0, 0.1) is 5.92 Å². The lowest BCUT2D eigenvalue weighted by molar-refractivity contribution is -0.0622. The maximum Gasteiger partial charge on any atom is 0.523 e. The van der Waals surface area contributed by atoms with Crippen LogP contribution in [0.5, 0.6) is 0 Å². The van der Waals surface area contributed by atoms with Gasteiger partial charge in [0.2, 0.25) is 5.92 Å². The Morgan fingerprint density at radius 3 is 2.06 bits per heavy atom. The first-order valence-electron chi connectivity index (χ1n) is 4.87. The van der Waals surface area contributed by atoms with Gasteiger partial charge >= 0.3 is 15.6 Å². The van der Waals surface area contributed by atoms with Crippen molar-refractivity contribution in [2.75, 3.05) is 6.61 Å². The van der Waals surface area contributed by atoms with E-state index >= 15 is 0 Å². The van der Waals surface area contributed by atoms with E-state index in [2.05, 4.69) is 4.18 Å². The Bertz CT molecular complexity index is 352. The van der Waals surface area contributed by atoms with Gasteiger partial charge in [0.15, 0.2) is 0 Å². The molecule has 0 amide bonds. The van der Waals surface area contributed by atoms with Crippen LogP contribution in [0.4, 0.5) is 22.0 Å². The number of rotatable bonds is 3. The first-order chi connectivity index (χ1) is 7.54. The molecule has 1 saturated carbocycles. The van der Waals surface area contributed by atoms with Gasteiger partial charge in [-0.1, -0.05) is 0 Å². The topological polar surface area (TPSA) is 43.4 Å². The average molecular weight is 282 g/mol. The van der Waals surface area contributed by atoms with E-state index in [1.54, 1.807) is 0 Å². The minimum Gasteiger partial charge on any atom is -0.263 e. The van der Waals surface area contributed by atoms with Crippen molar-refractivity contribution in [3.8, 4) is 0 Å². The molecule has 0 atom stereocenters. The molecule has 0 radical (unpaired) electrons. The Morgan fingerprint density at radius 1 is 1.18 bits per heavy atom. The predicted molar refractivity (Wildman–Crippen MR) is 47.8 cm³/mol. The summed E-state index contributed by atoms with van der Waals surface area (Å²) >= 11 is 0. The summed E-state index contributed by atoms with van der Waals surface area (Å²) < 4.78 is 85.9. The van der Waals surface area contributed by atoms with E-state index in [-0.39, 0.29) is 12.8 Å². The van der Waals surface area contributed by atoms with Crippen LogP contribution in [0.25, 0.3) is 0 Å². The Balaban J connectivity index is 2.44. The Labute approximate surface area is 95.1 Å². The molecule has 1 aliphatic carbocycles. The first-order valence-corrected chi connectivity index (χ1v) is 6.28. The molecule has 0 aromatic carbocycles. The standard InChI is InChI=1S/C8H11F5O3S/c9-7(10)3-1-6(2-4-7)5-16-17(14,15)8(11,12)13/h6H,1-5H2. The minimum atomic E-state index is -5.61. The zero-order valence-electron chi connectivity index (χ0n) is 8.64. The fourth-order valence-corrected chi connectivity index (χ4v) is 2.02. The summed E-state index contributed by atoms with van der Waals surface area (Å²) in [6.45, 7) is -0.697. The zero-order valence-corrected chi connectivity index (χ0v) is 9.45. The quantitative estimate of drug-likeness (QED) is 0.454. The van der Waals surface area contributed by atoms with E-state index < -0.39 is 46.9 Å². The van der Waals surface area contributed by atoms with Crippen molar-refractivity contribution in [3.05, 3.63) is 0 Å². The third-order valence-corrected chi connectivity index (χ3v) is 3.59. The van der Waals surface area contributed by atoms with Gasteiger partial charge in [-0.15, -0.1) is 0 Å². The second kappa shape index (κ2) is 4.68. The first kappa shape index (κ1) is 14.6. The second-order valence-electron chi connectivity index (χ2n) is 3.98. The van der Waals surface area contributed by atoms with Crippen LogP contribution in [0.3, 0.4) is 0 Å². The van der Waals surface area contributed by atoms with Crippen molar-refractivity contribution in [2.45, 2.75) is 37.1 Å². The summed E-state index contributed by atoms with van der Waals surface area (Å²) in [7, 11) is -5.61. The normalized spacial score (nSPS) is 22.6. The highest BCUT2D eigenvalue weighted by Crippen LogP contribution is 2.36. The third kappa shape index (κ3) is 4.06. The third-order valence-electron chi connectivity index (χ3n) is 2.58. The van der Waals surface area contributed by atoms with Crippen molar-refractivity contribution in [2.24, 2.45) is 5.92 Å². The summed E-state index contributed by atoms with van der Waals surface area (Å²) in [5.74, 6) is -3.38. The lowest BCUT2D eigenvalue weighted by Gasteiger charge is -2.27. The van der Waals surface area contributed by atoms with Gasteiger partial charge in [-0.25, -0.2) is 8.78 Å². The fraction of sp³-hybridized carbons (Fsp3) is 1.00. The van der Waals surface area contributed by atoms with Crippen LogP contribution in [0.2, 0.25) is 0 Å². The molecule has 0 N–H and O–H groups in total. The molecule has 0 unspecified atom stereocenters. The van der Waals surface area contributed by atoms with Gasteiger partial charge < -0.3 is 0 Å². The second-order valence-corrected chi connectivity index (χ2v) is 5.59. The molecule has 0 aromatic heterocycles. The van der Waals surface area contributed by atoms with Gasteiger partial charge in [0.1, 0.15) is 0 Å². The van der Waals surface area contributed by atoms with Crippen molar-refractivity contribution < 1.29 is 34.6 Å². The van der Waals surface area contributed by atoms with Crippen molar-refractivity contribution in [3.63, 3.8) is 0 Å². The van der Waals surface area contributed by atoms with Gasteiger partial charge in [-0.05, 0) is 18.8 Å². The molecule has 0 saturated heterocycles. The summed E-state index contributed by atoms with van der Waals surface area (Å²) in [6, 6.07) is 0. The highest BCUT2D eigenvalue weighted by molar-refractivity contribution is 7.87. The van der Waals surface area contributed by atoms with Crippen LogP contribution in [-0.2, 0) is 14.3 Å². The largest absolute Gasteiger partial charge is 0.523 e. The van der Waals surface area contributed by atoms with Crippen LogP contribution >= 0.6 is 0 Å². The molecule has 0 spiro atoms. The molecule has 0 aromatic rings. The molecule has 17 heavy (non-hydrogen) atoms. The van der Waals surface area contributed by atoms with Gasteiger partial charge in [-0.3, -0.25) is 4.18 Å². The molecular weight excluding hydrogens is 271 g/mol.